The first kappa shape index (κ1) is 19.9. The standard InChI is InChI=1S/C24H28N2O2/c1-3-5-9-15-25-19-13-14-20(26-16-10-6-4-2)22-21(19)23(27)17-11-7-8-12-18(17)24(22)28/h7-9,11-15,25-26H,3-6,10,16H2,1-2H3/b15-9-. The minimum Gasteiger partial charge on any atom is -0.384 e. The van der Waals surface area contributed by atoms with Crippen LogP contribution in [-0.2, 0) is 0 Å². The van der Waals surface area contributed by atoms with E-state index >= 15 is 0 Å². The van der Waals surface area contributed by atoms with Crippen LogP contribution in [0, 0.1) is 0 Å². The predicted octanol–water partition coefficient (Wildman–Crippen LogP) is 5.79. The predicted molar refractivity (Wildman–Crippen MR) is 115 cm³/mol. The second-order valence-electron chi connectivity index (χ2n) is 7.08. The number of benzene rings is 2. The molecule has 0 aliphatic heterocycles. The summed E-state index contributed by atoms with van der Waals surface area (Å²) < 4.78 is 0. The van der Waals surface area contributed by atoms with Gasteiger partial charge < -0.3 is 10.6 Å². The van der Waals surface area contributed by atoms with E-state index in [9.17, 15) is 9.59 Å². The Labute approximate surface area is 167 Å². The lowest BCUT2D eigenvalue weighted by Gasteiger charge is -2.23. The van der Waals surface area contributed by atoms with Crippen molar-refractivity contribution in [2.75, 3.05) is 17.2 Å². The van der Waals surface area contributed by atoms with Crippen LogP contribution in [0.4, 0.5) is 11.4 Å². The maximum Gasteiger partial charge on any atom is 0.196 e. The summed E-state index contributed by atoms with van der Waals surface area (Å²) >= 11 is 0. The van der Waals surface area contributed by atoms with Crippen LogP contribution in [0.15, 0.2) is 48.7 Å². The van der Waals surface area contributed by atoms with E-state index in [0.717, 1.165) is 44.3 Å². The maximum absolute atomic E-state index is 13.3. The SMILES string of the molecule is CCC/C=C\Nc1ccc(NCCCCC)c2c1C(=O)c1ccccc1C2=O. The van der Waals surface area contributed by atoms with Gasteiger partial charge in [-0.05, 0) is 31.2 Å². The Bertz CT molecular complexity index is 899. The zero-order valence-corrected chi connectivity index (χ0v) is 16.7. The molecule has 0 spiro atoms. The number of carbonyl (C=O) groups is 2. The maximum atomic E-state index is 13.3. The molecule has 4 heteroatoms. The molecular weight excluding hydrogens is 348 g/mol. The van der Waals surface area contributed by atoms with Gasteiger partial charge in [0.25, 0.3) is 0 Å². The van der Waals surface area contributed by atoms with Gasteiger partial charge >= 0.3 is 0 Å². The van der Waals surface area contributed by atoms with E-state index in [4.69, 9.17) is 0 Å². The highest BCUT2D eigenvalue weighted by molar-refractivity contribution is 6.31. The van der Waals surface area contributed by atoms with Gasteiger partial charge in [-0.15, -0.1) is 0 Å². The van der Waals surface area contributed by atoms with Gasteiger partial charge in [0.15, 0.2) is 11.6 Å². The molecule has 0 unspecified atom stereocenters. The van der Waals surface area contributed by atoms with Crippen LogP contribution in [0.5, 0.6) is 0 Å². The minimum atomic E-state index is -0.103. The van der Waals surface area contributed by atoms with E-state index < -0.39 is 0 Å². The number of hydrogen-bond donors (Lipinski definition) is 2. The van der Waals surface area contributed by atoms with Crippen molar-refractivity contribution in [2.45, 2.75) is 46.0 Å². The normalized spacial score (nSPS) is 12.8. The average molecular weight is 377 g/mol. The first-order valence-electron chi connectivity index (χ1n) is 10.2. The van der Waals surface area contributed by atoms with Gasteiger partial charge in [-0.2, -0.15) is 0 Å². The van der Waals surface area contributed by atoms with Crippen LogP contribution in [-0.4, -0.2) is 18.1 Å². The quantitative estimate of drug-likeness (QED) is 0.464. The Morgan fingerprint density at radius 1 is 0.821 bits per heavy atom. The van der Waals surface area contributed by atoms with Crippen molar-refractivity contribution in [3.05, 3.63) is 70.9 Å². The molecule has 0 heterocycles. The number of rotatable bonds is 9. The fourth-order valence-corrected chi connectivity index (χ4v) is 3.49. The molecule has 2 N–H and O–H groups in total. The van der Waals surface area contributed by atoms with Crippen molar-refractivity contribution >= 4 is 22.9 Å². The van der Waals surface area contributed by atoms with Crippen LogP contribution in [0.2, 0.25) is 0 Å². The molecule has 2 aromatic rings. The molecule has 0 atom stereocenters. The van der Waals surface area contributed by atoms with Crippen molar-refractivity contribution < 1.29 is 9.59 Å². The molecule has 0 fully saturated rings. The molecule has 0 aromatic heterocycles. The molecule has 0 saturated heterocycles. The molecule has 0 bridgehead atoms. The van der Waals surface area contributed by atoms with Gasteiger partial charge in [-0.3, -0.25) is 9.59 Å². The number of allylic oxidation sites excluding steroid dienone is 1. The fourth-order valence-electron chi connectivity index (χ4n) is 3.49. The number of hydrogen-bond acceptors (Lipinski definition) is 4. The van der Waals surface area contributed by atoms with Gasteiger partial charge in [0.05, 0.1) is 16.8 Å². The fraction of sp³-hybridized carbons (Fsp3) is 0.333. The van der Waals surface area contributed by atoms with Crippen molar-refractivity contribution in [3.63, 3.8) is 0 Å². The highest BCUT2D eigenvalue weighted by Gasteiger charge is 2.33. The van der Waals surface area contributed by atoms with Crippen LogP contribution in [0.1, 0.15) is 77.8 Å². The molecule has 1 aliphatic carbocycles. The first-order valence-corrected chi connectivity index (χ1v) is 10.2. The van der Waals surface area contributed by atoms with Gasteiger partial charge in [-0.25, -0.2) is 0 Å². The van der Waals surface area contributed by atoms with E-state index in [1.54, 1.807) is 24.3 Å². The molecule has 0 radical (unpaired) electrons. The Kier molecular flexibility index (Phi) is 6.64. The molecule has 1 aliphatic rings. The minimum absolute atomic E-state index is 0.0932. The zero-order chi connectivity index (χ0) is 19.9. The number of fused-ring (bicyclic) bond motifs is 2. The summed E-state index contributed by atoms with van der Waals surface area (Å²) in [7, 11) is 0. The Balaban J connectivity index is 2.02. The van der Waals surface area contributed by atoms with Crippen molar-refractivity contribution in [2.24, 2.45) is 0 Å². The molecule has 3 rings (SSSR count). The van der Waals surface area contributed by atoms with E-state index in [1.165, 1.54) is 0 Å². The Morgan fingerprint density at radius 2 is 1.46 bits per heavy atom. The third-order valence-corrected chi connectivity index (χ3v) is 4.98. The molecular formula is C24H28N2O2. The van der Waals surface area contributed by atoms with Crippen molar-refractivity contribution in [1.82, 2.24) is 0 Å². The van der Waals surface area contributed by atoms with Gasteiger partial charge in [0.1, 0.15) is 0 Å². The second kappa shape index (κ2) is 9.36. The highest BCUT2D eigenvalue weighted by atomic mass is 16.1. The van der Waals surface area contributed by atoms with Crippen molar-refractivity contribution in [1.29, 1.82) is 0 Å². The summed E-state index contributed by atoms with van der Waals surface area (Å²) in [6.45, 7) is 5.06. The van der Waals surface area contributed by atoms with Crippen molar-refractivity contribution in [3.8, 4) is 0 Å². The van der Waals surface area contributed by atoms with Crippen LogP contribution in [0.25, 0.3) is 0 Å². The molecule has 0 amide bonds. The largest absolute Gasteiger partial charge is 0.384 e. The number of unbranched alkanes of at least 4 members (excludes halogenated alkanes) is 3. The molecule has 4 nitrogen and oxygen atoms in total. The third-order valence-electron chi connectivity index (χ3n) is 4.98. The van der Waals surface area contributed by atoms with E-state index in [1.807, 2.05) is 24.4 Å². The van der Waals surface area contributed by atoms with Crippen LogP contribution < -0.4 is 10.6 Å². The summed E-state index contributed by atoms with van der Waals surface area (Å²) in [5, 5.41) is 6.59. The molecule has 0 saturated carbocycles. The van der Waals surface area contributed by atoms with Crippen LogP contribution in [0.3, 0.4) is 0 Å². The van der Waals surface area contributed by atoms with Gasteiger partial charge in [-0.1, -0.05) is 63.5 Å². The van der Waals surface area contributed by atoms with E-state index in [0.29, 0.717) is 27.9 Å². The summed E-state index contributed by atoms with van der Waals surface area (Å²) in [4.78, 5) is 26.5. The number of carbonyl (C=O) groups excluding carboxylic acids is 2. The number of anilines is 2. The van der Waals surface area contributed by atoms with Gasteiger partial charge in [0.2, 0.25) is 0 Å². The number of nitrogens with one attached hydrogen (secondary N) is 2. The molecule has 146 valence electrons. The lowest BCUT2D eigenvalue weighted by Crippen LogP contribution is -2.24. The van der Waals surface area contributed by atoms with Crippen LogP contribution >= 0.6 is 0 Å². The lowest BCUT2D eigenvalue weighted by atomic mass is 9.82. The molecule has 28 heavy (non-hydrogen) atoms. The zero-order valence-electron chi connectivity index (χ0n) is 16.7. The monoisotopic (exact) mass is 376 g/mol. The smallest absolute Gasteiger partial charge is 0.196 e. The Morgan fingerprint density at radius 3 is 2.11 bits per heavy atom. The number of ketones is 2. The summed E-state index contributed by atoms with van der Waals surface area (Å²) in [5.74, 6) is -0.196. The average Bonchev–Trinajstić information content (AvgIpc) is 2.72. The highest BCUT2D eigenvalue weighted by Crippen LogP contribution is 2.36. The molecule has 2 aromatic carbocycles. The topological polar surface area (TPSA) is 58.2 Å². The lowest BCUT2D eigenvalue weighted by molar-refractivity contribution is 0.0980. The summed E-state index contributed by atoms with van der Waals surface area (Å²) in [6.07, 6.45) is 9.20. The van der Waals surface area contributed by atoms with E-state index in [-0.39, 0.29) is 11.6 Å². The van der Waals surface area contributed by atoms with Gasteiger partial charge in [0, 0.05) is 23.4 Å². The summed E-state index contributed by atoms with van der Waals surface area (Å²) in [5.41, 5.74) is 3.31. The summed E-state index contributed by atoms with van der Waals surface area (Å²) in [6, 6.07) is 10.9. The Hall–Kier alpha value is -2.88. The first-order chi connectivity index (χ1) is 13.7. The third kappa shape index (κ3) is 4.01. The second-order valence-corrected chi connectivity index (χ2v) is 7.08. The van der Waals surface area contributed by atoms with E-state index in [2.05, 4.69) is 24.5 Å².